The van der Waals surface area contributed by atoms with Gasteiger partial charge in [-0.05, 0) is 36.2 Å². The number of methoxy groups -OCH3 is 1. The maximum atomic E-state index is 13.6. The predicted molar refractivity (Wildman–Crippen MR) is 137 cm³/mol. The number of fused-ring (bicyclic) bond motifs is 2. The van der Waals surface area contributed by atoms with Crippen LogP contribution in [0.15, 0.2) is 89.9 Å². The number of carbonyl (C=O) groups is 1. The molecule has 2 N–H and O–H groups in total. The maximum absolute atomic E-state index is 13.6. The second-order valence-electron chi connectivity index (χ2n) is 8.51. The predicted octanol–water partition coefficient (Wildman–Crippen LogP) is 3.68. The van der Waals surface area contributed by atoms with Gasteiger partial charge < -0.3 is 14.6 Å². The molecule has 5 aromatic rings. The normalized spacial score (nSPS) is 11.9. The van der Waals surface area contributed by atoms with Crippen LogP contribution in [0, 0.1) is 5.41 Å². The van der Waals surface area contributed by atoms with Crippen molar-refractivity contribution in [3.05, 3.63) is 118 Å². The van der Waals surface area contributed by atoms with Crippen LogP contribution >= 0.6 is 0 Å². The van der Waals surface area contributed by atoms with Gasteiger partial charge >= 0.3 is 0 Å². The number of aromatic nitrogens is 3. The van der Waals surface area contributed by atoms with Crippen LogP contribution in [0.4, 0.5) is 0 Å². The molecule has 5 rings (SSSR count). The zero-order chi connectivity index (χ0) is 25.2. The molecule has 36 heavy (non-hydrogen) atoms. The van der Waals surface area contributed by atoms with Crippen molar-refractivity contribution < 1.29 is 9.53 Å². The molecule has 0 fully saturated rings. The van der Waals surface area contributed by atoms with Crippen LogP contribution in [0.1, 0.15) is 34.5 Å². The Kier molecular flexibility index (Phi) is 6.08. The van der Waals surface area contributed by atoms with E-state index >= 15 is 0 Å². The Bertz CT molecular complexity index is 1690. The van der Waals surface area contributed by atoms with Crippen LogP contribution in [0.5, 0.6) is 5.75 Å². The van der Waals surface area contributed by atoms with Crippen LogP contribution in [0.2, 0.25) is 0 Å². The topological polar surface area (TPSA) is 101 Å². The van der Waals surface area contributed by atoms with E-state index in [-0.39, 0.29) is 34.6 Å². The van der Waals surface area contributed by atoms with E-state index in [0.29, 0.717) is 17.0 Å². The average Bonchev–Trinajstić information content (AvgIpc) is 2.91. The molecule has 0 saturated heterocycles. The zero-order valence-electron chi connectivity index (χ0n) is 19.9. The highest BCUT2D eigenvalue weighted by Gasteiger charge is 2.20. The fraction of sp³-hybridized carbons (Fsp3) is 0.143. The first-order valence-electron chi connectivity index (χ1n) is 11.5. The van der Waals surface area contributed by atoms with Crippen molar-refractivity contribution in [2.45, 2.75) is 19.5 Å². The Hall–Kier alpha value is -4.72. The van der Waals surface area contributed by atoms with Gasteiger partial charge in [0.25, 0.3) is 11.5 Å². The molecule has 8 nitrogen and oxygen atoms in total. The van der Waals surface area contributed by atoms with Gasteiger partial charge in [0.05, 0.1) is 30.6 Å². The smallest absolute Gasteiger partial charge is 0.267 e. The molecule has 0 saturated carbocycles. The first kappa shape index (κ1) is 23.0. The van der Waals surface area contributed by atoms with Crippen molar-refractivity contribution in [3.63, 3.8) is 0 Å². The van der Waals surface area contributed by atoms with E-state index in [9.17, 15) is 9.59 Å². The van der Waals surface area contributed by atoms with Crippen LogP contribution in [-0.2, 0) is 6.54 Å². The Morgan fingerprint density at radius 1 is 1.03 bits per heavy atom. The molecule has 0 spiro atoms. The number of carbonyl (C=O) groups excluding carboxylic acids is 1. The summed E-state index contributed by atoms with van der Waals surface area (Å²) in [5, 5.41) is 12.2. The summed E-state index contributed by atoms with van der Waals surface area (Å²) in [6, 6.07) is 23.8. The lowest BCUT2D eigenvalue weighted by Crippen LogP contribution is -2.36. The fourth-order valence-corrected chi connectivity index (χ4v) is 4.29. The van der Waals surface area contributed by atoms with Crippen LogP contribution < -0.4 is 21.1 Å². The van der Waals surface area contributed by atoms with Crippen LogP contribution in [-0.4, -0.2) is 27.0 Å². The zero-order valence-corrected chi connectivity index (χ0v) is 19.9. The Morgan fingerprint density at radius 2 is 1.72 bits per heavy atom. The van der Waals surface area contributed by atoms with E-state index in [1.54, 1.807) is 22.9 Å². The molecule has 0 unspecified atom stereocenters. The number of ether oxygens (including phenoxy) is 1. The minimum atomic E-state index is -0.435. The van der Waals surface area contributed by atoms with E-state index in [1.807, 2.05) is 67.6 Å². The van der Waals surface area contributed by atoms with Gasteiger partial charge in [-0.2, -0.15) is 0 Å². The molecule has 1 atom stereocenters. The van der Waals surface area contributed by atoms with Crippen molar-refractivity contribution >= 4 is 22.6 Å². The van der Waals surface area contributed by atoms with Crippen molar-refractivity contribution in [1.29, 1.82) is 5.41 Å². The monoisotopic (exact) mass is 479 g/mol. The highest BCUT2D eigenvalue weighted by Crippen LogP contribution is 2.19. The summed E-state index contributed by atoms with van der Waals surface area (Å²) in [6.45, 7) is 2.15. The van der Waals surface area contributed by atoms with Crippen molar-refractivity contribution in [2.24, 2.45) is 0 Å². The van der Waals surface area contributed by atoms with E-state index in [0.717, 1.165) is 11.1 Å². The van der Waals surface area contributed by atoms with Crippen LogP contribution in [0.3, 0.4) is 0 Å². The van der Waals surface area contributed by atoms with Gasteiger partial charge in [-0.1, -0.05) is 60.7 Å². The highest BCUT2D eigenvalue weighted by atomic mass is 16.5. The number of rotatable bonds is 6. The maximum Gasteiger partial charge on any atom is 0.267 e. The van der Waals surface area contributed by atoms with Gasteiger partial charge in [0.15, 0.2) is 11.4 Å². The van der Waals surface area contributed by atoms with Crippen molar-refractivity contribution in [1.82, 2.24) is 19.3 Å². The number of hydrogen-bond acceptors (Lipinski definition) is 5. The Labute approximate surface area is 207 Å². The molecule has 0 bridgehead atoms. The summed E-state index contributed by atoms with van der Waals surface area (Å²) >= 11 is 0. The first-order chi connectivity index (χ1) is 17.5. The highest BCUT2D eigenvalue weighted by molar-refractivity contribution is 5.97. The molecule has 0 aliphatic heterocycles. The lowest BCUT2D eigenvalue weighted by atomic mass is 10.1. The summed E-state index contributed by atoms with van der Waals surface area (Å²) in [7, 11) is 1.51. The minimum Gasteiger partial charge on any atom is -0.493 e. The number of benzene rings is 2. The lowest BCUT2D eigenvalue weighted by molar-refractivity contribution is 0.0937. The molecular weight excluding hydrogens is 454 g/mol. The lowest BCUT2D eigenvalue weighted by Gasteiger charge is -2.17. The standard InChI is InChI=1S/C28H25N5O3/c1-18(20-12-7-4-8-13-20)30-27(34)21-16-22-25(33(24(21)29)17-19-10-5-3-6-11-19)31-26-23(36-2)14-9-15-32(26)28(22)35/h3-16,18,29H,17H2,1-2H3,(H,30,34)/t18-/m0/s1. The van der Waals surface area contributed by atoms with Crippen LogP contribution in [0.25, 0.3) is 16.7 Å². The molecule has 2 aromatic carbocycles. The minimum absolute atomic E-state index is 0.0322. The van der Waals surface area contributed by atoms with Gasteiger partial charge in [-0.15, -0.1) is 0 Å². The third-order valence-electron chi connectivity index (χ3n) is 6.20. The van der Waals surface area contributed by atoms with Gasteiger partial charge in [0, 0.05) is 6.20 Å². The number of amides is 1. The molecule has 0 radical (unpaired) electrons. The van der Waals surface area contributed by atoms with Gasteiger partial charge in [0.2, 0.25) is 0 Å². The largest absolute Gasteiger partial charge is 0.493 e. The number of hydrogen-bond donors (Lipinski definition) is 2. The summed E-state index contributed by atoms with van der Waals surface area (Å²) in [6.07, 6.45) is 1.61. The van der Waals surface area contributed by atoms with Gasteiger partial charge in [0.1, 0.15) is 11.1 Å². The molecular formula is C28H25N5O3. The summed E-state index contributed by atoms with van der Waals surface area (Å²) in [4.78, 5) is 31.7. The quantitative estimate of drug-likeness (QED) is 0.363. The fourth-order valence-electron chi connectivity index (χ4n) is 4.29. The molecule has 180 valence electrons. The number of pyridine rings is 2. The Balaban J connectivity index is 1.72. The molecule has 1 amide bonds. The van der Waals surface area contributed by atoms with Gasteiger partial charge in [-0.3, -0.25) is 19.4 Å². The first-order valence-corrected chi connectivity index (χ1v) is 11.5. The van der Waals surface area contributed by atoms with E-state index in [1.165, 1.54) is 17.6 Å². The number of nitrogens with zero attached hydrogens (tertiary/aromatic N) is 3. The third kappa shape index (κ3) is 4.13. The molecule has 0 aliphatic carbocycles. The summed E-state index contributed by atoms with van der Waals surface area (Å²) in [5.41, 5.74) is 2.23. The van der Waals surface area contributed by atoms with Gasteiger partial charge in [-0.25, -0.2) is 4.98 Å². The van der Waals surface area contributed by atoms with Crippen molar-refractivity contribution in [2.75, 3.05) is 7.11 Å². The summed E-state index contributed by atoms with van der Waals surface area (Å²) < 4.78 is 8.42. The molecule has 3 aromatic heterocycles. The third-order valence-corrected chi connectivity index (χ3v) is 6.20. The SMILES string of the molecule is COc1cccn2c(=O)c3cc(C(=O)N[C@@H](C)c4ccccc4)c(=N)n(Cc4ccccc4)c3nc12. The van der Waals surface area contributed by atoms with Crippen molar-refractivity contribution in [3.8, 4) is 5.75 Å². The van der Waals surface area contributed by atoms with E-state index < -0.39 is 5.91 Å². The molecule has 0 aliphatic rings. The molecule has 3 heterocycles. The average molecular weight is 480 g/mol. The van der Waals surface area contributed by atoms with E-state index in [4.69, 9.17) is 15.1 Å². The second-order valence-corrected chi connectivity index (χ2v) is 8.51. The number of nitrogens with one attached hydrogen (secondary N) is 2. The molecule has 8 heteroatoms. The summed E-state index contributed by atoms with van der Waals surface area (Å²) in [5.74, 6) is 0.00278. The van der Waals surface area contributed by atoms with E-state index in [2.05, 4.69) is 5.32 Å². The Morgan fingerprint density at radius 3 is 2.42 bits per heavy atom. The second kappa shape index (κ2) is 9.50.